The zero-order valence-corrected chi connectivity index (χ0v) is 17.6. The first-order valence-electron chi connectivity index (χ1n) is 9.52. The molecule has 0 aliphatic carbocycles. The number of carbonyl (C=O) groups is 1. The molecule has 156 valence electrons. The smallest absolute Gasteiger partial charge is 0.263 e. The number of rotatable bonds is 8. The number of carbonyl (C=O) groups excluding carboxylic acids is 1. The van der Waals surface area contributed by atoms with E-state index in [0.717, 1.165) is 10.6 Å². The van der Waals surface area contributed by atoms with Gasteiger partial charge in [-0.15, -0.1) is 11.8 Å². The molecule has 2 aromatic carbocycles. The minimum Gasteiger partial charge on any atom is -0.484 e. The summed E-state index contributed by atoms with van der Waals surface area (Å²) >= 11 is 1.51. The molecule has 0 saturated heterocycles. The number of nitrogens with one attached hydrogen (secondary N) is 1. The van der Waals surface area contributed by atoms with E-state index < -0.39 is 0 Å². The van der Waals surface area contributed by atoms with Gasteiger partial charge in [-0.2, -0.15) is 5.10 Å². The van der Waals surface area contributed by atoms with Gasteiger partial charge in [-0.25, -0.2) is 9.67 Å². The van der Waals surface area contributed by atoms with Crippen LogP contribution in [0.3, 0.4) is 0 Å². The molecular weight excluding hydrogens is 412 g/mol. The van der Waals surface area contributed by atoms with Crippen LogP contribution >= 0.6 is 11.8 Å². The Bertz CT molecular complexity index is 1130. The zero-order chi connectivity index (χ0) is 21.5. The third-order valence-electron chi connectivity index (χ3n) is 4.27. The molecular formula is C23H20N4O3S. The quantitative estimate of drug-likeness (QED) is 0.403. The van der Waals surface area contributed by atoms with E-state index in [1.54, 1.807) is 47.4 Å². The number of aromatic nitrogens is 3. The molecule has 4 aromatic rings. The zero-order valence-electron chi connectivity index (χ0n) is 16.8. The molecule has 7 nitrogen and oxygen atoms in total. The van der Waals surface area contributed by atoms with Gasteiger partial charge in [0.1, 0.15) is 17.3 Å². The second-order valence-electron chi connectivity index (χ2n) is 6.39. The highest BCUT2D eigenvalue weighted by Crippen LogP contribution is 2.28. The molecule has 31 heavy (non-hydrogen) atoms. The summed E-state index contributed by atoms with van der Waals surface area (Å²) < 4.78 is 13.0. The monoisotopic (exact) mass is 432 g/mol. The van der Waals surface area contributed by atoms with E-state index in [-0.39, 0.29) is 12.5 Å². The van der Waals surface area contributed by atoms with Crippen LogP contribution in [0.25, 0.3) is 5.69 Å². The van der Waals surface area contributed by atoms with Crippen molar-refractivity contribution in [2.45, 2.75) is 4.90 Å². The maximum Gasteiger partial charge on any atom is 0.263 e. The number of hydrogen-bond acceptors (Lipinski definition) is 6. The summed E-state index contributed by atoms with van der Waals surface area (Å²) in [6, 6.07) is 22.1. The summed E-state index contributed by atoms with van der Waals surface area (Å²) in [5.74, 6) is 2.04. The summed E-state index contributed by atoms with van der Waals surface area (Å²) in [5.41, 5.74) is 0.863. The second kappa shape index (κ2) is 9.82. The van der Waals surface area contributed by atoms with E-state index in [9.17, 15) is 4.79 Å². The predicted molar refractivity (Wildman–Crippen MR) is 120 cm³/mol. The van der Waals surface area contributed by atoms with Gasteiger partial charge < -0.3 is 14.8 Å². The molecule has 0 bridgehead atoms. The number of para-hydroxylation sites is 1. The molecule has 2 heterocycles. The Morgan fingerprint density at radius 1 is 1.00 bits per heavy atom. The van der Waals surface area contributed by atoms with Gasteiger partial charge in [0.15, 0.2) is 6.61 Å². The van der Waals surface area contributed by atoms with E-state index in [0.29, 0.717) is 23.2 Å². The fraction of sp³-hybridized carbons (Fsp3) is 0.0870. The maximum atomic E-state index is 12.5. The van der Waals surface area contributed by atoms with Crippen molar-refractivity contribution in [3.8, 4) is 23.1 Å². The van der Waals surface area contributed by atoms with Gasteiger partial charge in [0.2, 0.25) is 5.88 Å². The number of pyridine rings is 1. The van der Waals surface area contributed by atoms with Crippen molar-refractivity contribution in [1.82, 2.24) is 14.8 Å². The average molecular weight is 433 g/mol. The molecule has 0 atom stereocenters. The molecule has 0 aliphatic heterocycles. The number of benzene rings is 2. The molecule has 8 heteroatoms. The number of nitrogens with zero attached hydrogens (tertiary/aromatic N) is 3. The molecule has 0 aliphatic rings. The molecule has 0 fully saturated rings. The van der Waals surface area contributed by atoms with Gasteiger partial charge in [0.25, 0.3) is 5.91 Å². The van der Waals surface area contributed by atoms with E-state index in [2.05, 4.69) is 15.4 Å². The van der Waals surface area contributed by atoms with Crippen LogP contribution < -0.4 is 14.8 Å². The summed E-state index contributed by atoms with van der Waals surface area (Å²) in [4.78, 5) is 17.5. The van der Waals surface area contributed by atoms with Crippen molar-refractivity contribution in [1.29, 1.82) is 0 Å². The molecule has 0 unspecified atom stereocenters. The van der Waals surface area contributed by atoms with Crippen molar-refractivity contribution in [2.75, 3.05) is 18.2 Å². The van der Waals surface area contributed by atoms with E-state index in [1.165, 1.54) is 11.8 Å². The van der Waals surface area contributed by atoms with E-state index in [1.807, 2.05) is 48.7 Å². The van der Waals surface area contributed by atoms with Crippen LogP contribution in [0.1, 0.15) is 0 Å². The Kier molecular flexibility index (Phi) is 6.49. The molecule has 0 radical (unpaired) electrons. The summed E-state index contributed by atoms with van der Waals surface area (Å²) in [6.45, 7) is -0.131. The first-order valence-corrected chi connectivity index (χ1v) is 10.7. The van der Waals surface area contributed by atoms with Crippen LogP contribution in [0.2, 0.25) is 0 Å². The third kappa shape index (κ3) is 5.23. The lowest BCUT2D eigenvalue weighted by Crippen LogP contribution is -2.22. The van der Waals surface area contributed by atoms with Gasteiger partial charge in [0, 0.05) is 12.3 Å². The van der Waals surface area contributed by atoms with Crippen LogP contribution in [0.4, 0.5) is 5.82 Å². The number of amides is 1. The van der Waals surface area contributed by atoms with Crippen LogP contribution in [-0.2, 0) is 4.79 Å². The highest BCUT2D eigenvalue weighted by Gasteiger charge is 2.15. The Morgan fingerprint density at radius 2 is 1.74 bits per heavy atom. The molecule has 0 saturated carbocycles. The molecule has 1 N–H and O–H groups in total. The largest absolute Gasteiger partial charge is 0.484 e. The van der Waals surface area contributed by atoms with Gasteiger partial charge in [-0.3, -0.25) is 4.79 Å². The van der Waals surface area contributed by atoms with Crippen LogP contribution in [0.5, 0.6) is 17.4 Å². The SMILES string of the molecule is CSc1cnn(-c2ccccc2)c1NC(=O)COc1ccc(Oc2ccccn2)cc1. The second-order valence-corrected chi connectivity index (χ2v) is 7.24. The van der Waals surface area contributed by atoms with Crippen LogP contribution in [-0.4, -0.2) is 33.5 Å². The topological polar surface area (TPSA) is 78.3 Å². The van der Waals surface area contributed by atoms with Crippen molar-refractivity contribution < 1.29 is 14.3 Å². The Morgan fingerprint density at radius 3 is 2.45 bits per heavy atom. The van der Waals surface area contributed by atoms with Crippen molar-refractivity contribution in [2.24, 2.45) is 0 Å². The maximum absolute atomic E-state index is 12.5. The lowest BCUT2D eigenvalue weighted by atomic mass is 10.3. The number of hydrogen-bond donors (Lipinski definition) is 1. The first-order chi connectivity index (χ1) is 15.2. The minimum atomic E-state index is -0.276. The van der Waals surface area contributed by atoms with Crippen molar-refractivity contribution in [3.05, 3.63) is 85.2 Å². The summed E-state index contributed by atoms with van der Waals surface area (Å²) in [6.07, 6.45) is 5.33. The van der Waals surface area contributed by atoms with Crippen molar-refractivity contribution >= 4 is 23.5 Å². The summed E-state index contributed by atoms with van der Waals surface area (Å²) in [7, 11) is 0. The standard InChI is InChI=1S/C23H20N4O3S/c1-31-20-15-25-27(17-7-3-2-4-8-17)23(20)26-21(28)16-29-18-10-12-19(13-11-18)30-22-9-5-6-14-24-22/h2-15H,16H2,1H3,(H,26,28). The molecule has 1 amide bonds. The van der Waals surface area contributed by atoms with Gasteiger partial charge >= 0.3 is 0 Å². The van der Waals surface area contributed by atoms with Gasteiger partial charge in [-0.05, 0) is 48.7 Å². The van der Waals surface area contributed by atoms with E-state index >= 15 is 0 Å². The first kappa shape index (κ1) is 20.5. The minimum absolute atomic E-state index is 0.131. The fourth-order valence-corrected chi connectivity index (χ4v) is 3.29. The number of ether oxygens (including phenoxy) is 2. The Hall–Kier alpha value is -3.78. The molecule has 4 rings (SSSR count). The number of anilines is 1. The summed E-state index contributed by atoms with van der Waals surface area (Å²) in [5, 5.41) is 7.30. The van der Waals surface area contributed by atoms with Crippen LogP contribution in [0, 0.1) is 0 Å². The lowest BCUT2D eigenvalue weighted by Gasteiger charge is -2.11. The fourth-order valence-electron chi connectivity index (χ4n) is 2.81. The Labute approximate surface area is 184 Å². The lowest BCUT2D eigenvalue weighted by molar-refractivity contribution is -0.118. The highest BCUT2D eigenvalue weighted by molar-refractivity contribution is 7.98. The highest BCUT2D eigenvalue weighted by atomic mass is 32.2. The number of thioether (sulfide) groups is 1. The average Bonchev–Trinajstić information content (AvgIpc) is 3.22. The van der Waals surface area contributed by atoms with Crippen LogP contribution in [0.15, 0.2) is 90.1 Å². The normalized spacial score (nSPS) is 10.5. The van der Waals surface area contributed by atoms with Crippen molar-refractivity contribution in [3.63, 3.8) is 0 Å². The molecule has 2 aromatic heterocycles. The Balaban J connectivity index is 1.37. The van der Waals surface area contributed by atoms with Gasteiger partial charge in [0.05, 0.1) is 16.8 Å². The third-order valence-corrected chi connectivity index (χ3v) is 5.01. The molecule has 0 spiro atoms. The van der Waals surface area contributed by atoms with Gasteiger partial charge in [-0.1, -0.05) is 24.3 Å². The van der Waals surface area contributed by atoms with E-state index in [4.69, 9.17) is 9.47 Å². The predicted octanol–water partition coefficient (Wildman–Crippen LogP) is 4.80.